The topological polar surface area (TPSA) is 126 Å². The smallest absolute Gasteiger partial charge is 0.295 e. The van der Waals surface area contributed by atoms with E-state index >= 15 is 0 Å². The average Bonchev–Trinajstić information content (AvgIpc) is 3.25. The van der Waals surface area contributed by atoms with Crippen molar-refractivity contribution in [1.82, 2.24) is 4.90 Å². The number of aryl methyl sites for hydroxylation is 1. The number of nitrogens with one attached hydrogen (secondary N) is 1. The van der Waals surface area contributed by atoms with E-state index in [2.05, 4.69) is 0 Å². The Morgan fingerprint density at radius 2 is 1.80 bits per heavy atom. The van der Waals surface area contributed by atoms with Gasteiger partial charge in [-0.05, 0) is 41.3 Å². The van der Waals surface area contributed by atoms with E-state index in [1.54, 1.807) is 31.2 Å². The van der Waals surface area contributed by atoms with Gasteiger partial charge in [-0.2, -0.15) is 0 Å². The van der Waals surface area contributed by atoms with Crippen LogP contribution in [-0.4, -0.2) is 60.9 Å². The van der Waals surface area contributed by atoms with Crippen LogP contribution in [0.3, 0.4) is 0 Å². The summed E-state index contributed by atoms with van der Waals surface area (Å²) in [7, 11) is 0. The van der Waals surface area contributed by atoms with E-state index < -0.39 is 28.4 Å². The molecule has 3 aromatic rings. The van der Waals surface area contributed by atoms with Gasteiger partial charge in [0.15, 0.2) is 0 Å². The summed E-state index contributed by atoms with van der Waals surface area (Å²) in [5, 5.41) is 25.5. The highest BCUT2D eigenvalue weighted by Crippen LogP contribution is 2.40. The molecule has 1 atom stereocenters. The van der Waals surface area contributed by atoms with Gasteiger partial charge in [0.25, 0.3) is 11.6 Å². The molecule has 0 saturated carbocycles. The highest BCUT2D eigenvalue weighted by Gasteiger charge is 2.45. The van der Waals surface area contributed by atoms with Gasteiger partial charge >= 0.3 is 0 Å². The molecule has 10 heteroatoms. The number of quaternary nitrogens is 1. The lowest BCUT2D eigenvalue weighted by Gasteiger charge is -2.30. The molecule has 0 aliphatic carbocycles. The fourth-order valence-corrected chi connectivity index (χ4v) is 5.31. The first-order valence-electron chi connectivity index (χ1n) is 13.5. The number of nitro groups is 1. The summed E-state index contributed by atoms with van der Waals surface area (Å²) in [4.78, 5) is 40.3. The zero-order valence-electron chi connectivity index (χ0n) is 22.7. The van der Waals surface area contributed by atoms with Crippen molar-refractivity contribution in [3.63, 3.8) is 0 Å². The minimum atomic E-state index is -1.03. The molecule has 0 bridgehead atoms. The van der Waals surface area contributed by atoms with Gasteiger partial charge in [0.05, 0.1) is 37.3 Å². The number of Topliss-reactive ketones (excluding diaryl/α,β-unsaturated/α-hetero) is 1. The van der Waals surface area contributed by atoms with Crippen molar-refractivity contribution in [2.45, 2.75) is 19.6 Å². The first-order chi connectivity index (χ1) is 19.8. The van der Waals surface area contributed by atoms with Crippen LogP contribution in [0, 0.1) is 17.0 Å². The summed E-state index contributed by atoms with van der Waals surface area (Å²) >= 11 is 0. The largest absolute Gasteiger partial charge is 0.872 e. The molecule has 0 spiro atoms. The lowest BCUT2D eigenvalue weighted by atomic mass is 9.93. The van der Waals surface area contributed by atoms with E-state index in [0.29, 0.717) is 43.2 Å². The first kappa shape index (κ1) is 28.0. The van der Waals surface area contributed by atoms with Crippen LogP contribution in [0.4, 0.5) is 5.69 Å². The molecule has 0 radical (unpaired) electrons. The van der Waals surface area contributed by atoms with Crippen LogP contribution in [0.2, 0.25) is 0 Å². The predicted molar refractivity (Wildman–Crippen MR) is 148 cm³/mol. The van der Waals surface area contributed by atoms with Gasteiger partial charge in [0.1, 0.15) is 25.4 Å². The van der Waals surface area contributed by atoms with Gasteiger partial charge < -0.3 is 24.4 Å². The summed E-state index contributed by atoms with van der Waals surface area (Å²) in [5.41, 5.74) is 1.81. The number of carbonyl (C=O) groups is 2. The summed E-state index contributed by atoms with van der Waals surface area (Å²) < 4.78 is 11.3. The number of ether oxygens (including phenoxy) is 2. The molecule has 1 N–H and O–H groups in total. The Morgan fingerprint density at radius 1 is 1.05 bits per heavy atom. The Hall–Kier alpha value is -4.54. The Morgan fingerprint density at radius 3 is 2.51 bits per heavy atom. The highest BCUT2D eigenvalue weighted by atomic mass is 16.6. The van der Waals surface area contributed by atoms with Crippen molar-refractivity contribution in [3.05, 3.63) is 111 Å². The number of nitrogens with zero attached hydrogens (tertiary/aromatic N) is 2. The molecule has 10 nitrogen and oxygen atoms in total. The third-order valence-corrected chi connectivity index (χ3v) is 7.52. The van der Waals surface area contributed by atoms with Gasteiger partial charge in [-0.15, -0.1) is 0 Å². The minimum absolute atomic E-state index is 0.184. The second-order valence-corrected chi connectivity index (χ2v) is 10.2. The molecule has 5 rings (SSSR count). The third-order valence-electron chi connectivity index (χ3n) is 7.52. The fraction of sp³-hybridized carbons (Fsp3) is 0.290. The molecular weight excluding hydrogens is 526 g/mol. The number of hydrogen-bond acceptors (Lipinski definition) is 7. The first-order valence-corrected chi connectivity index (χ1v) is 13.5. The number of hydrogen-bond donors (Lipinski definition) is 1. The monoisotopic (exact) mass is 557 g/mol. The van der Waals surface area contributed by atoms with Gasteiger partial charge in [0, 0.05) is 17.7 Å². The summed E-state index contributed by atoms with van der Waals surface area (Å²) in [6.07, 6.45) is 0. The number of nitro benzene ring substituents is 1. The highest BCUT2D eigenvalue weighted by molar-refractivity contribution is 6.46. The SMILES string of the molecule is Cc1cc(OCc2ccccc2)ccc1/C([O-])=C1\C(=O)C(=O)N(CC[NH+]2CCOCC2)C1c1cccc([N+](=O)[O-])c1. The summed E-state index contributed by atoms with van der Waals surface area (Å²) in [5.74, 6) is -1.68. The summed E-state index contributed by atoms with van der Waals surface area (Å²) in [6.45, 7) is 5.62. The number of amides is 1. The van der Waals surface area contributed by atoms with E-state index in [0.717, 1.165) is 18.7 Å². The van der Waals surface area contributed by atoms with E-state index in [9.17, 15) is 24.8 Å². The molecule has 2 fully saturated rings. The maximum absolute atomic E-state index is 13.9. The van der Waals surface area contributed by atoms with Crippen LogP contribution in [0.15, 0.2) is 78.4 Å². The standard InChI is InChI=1S/C31H31N3O7/c1-21-18-25(41-20-22-6-3-2-4-7-22)10-11-26(21)29(35)27-28(23-8-5-9-24(19-23)34(38)39)33(31(37)30(27)36)13-12-32-14-16-40-17-15-32/h2-11,18-19,28,35H,12-17,20H2,1H3/b29-27+. The van der Waals surface area contributed by atoms with E-state index in [-0.39, 0.29) is 23.4 Å². The lowest BCUT2D eigenvalue weighted by Crippen LogP contribution is -3.14. The number of morpholine rings is 1. The molecule has 2 aliphatic heterocycles. The Labute approximate surface area is 237 Å². The van der Waals surface area contributed by atoms with Crippen molar-refractivity contribution >= 4 is 23.1 Å². The Balaban J connectivity index is 1.49. The van der Waals surface area contributed by atoms with Gasteiger partial charge in [0.2, 0.25) is 5.78 Å². The van der Waals surface area contributed by atoms with Crippen LogP contribution in [0.25, 0.3) is 5.76 Å². The average molecular weight is 558 g/mol. The number of likely N-dealkylation sites (tertiary alicyclic amines) is 1. The van der Waals surface area contributed by atoms with Crippen molar-refractivity contribution in [2.75, 3.05) is 39.4 Å². The second-order valence-electron chi connectivity index (χ2n) is 10.2. The number of carbonyl (C=O) groups excluding carboxylic acids is 2. The van der Waals surface area contributed by atoms with E-state index in [4.69, 9.17) is 9.47 Å². The van der Waals surface area contributed by atoms with Crippen LogP contribution in [-0.2, 0) is 20.9 Å². The third kappa shape index (κ3) is 6.13. The van der Waals surface area contributed by atoms with Crippen LogP contribution < -0.4 is 14.7 Å². The second kappa shape index (κ2) is 12.3. The predicted octanol–water partition coefficient (Wildman–Crippen LogP) is 1.62. The molecule has 0 aromatic heterocycles. The fourth-order valence-electron chi connectivity index (χ4n) is 5.31. The van der Waals surface area contributed by atoms with Gasteiger partial charge in [-0.3, -0.25) is 19.7 Å². The molecular formula is C31H31N3O7. The number of benzene rings is 3. The van der Waals surface area contributed by atoms with Crippen LogP contribution >= 0.6 is 0 Å². The molecule has 212 valence electrons. The van der Waals surface area contributed by atoms with Crippen molar-refractivity contribution in [3.8, 4) is 5.75 Å². The zero-order valence-corrected chi connectivity index (χ0v) is 22.7. The quantitative estimate of drug-likeness (QED) is 0.139. The molecule has 41 heavy (non-hydrogen) atoms. The molecule has 1 amide bonds. The van der Waals surface area contributed by atoms with E-state index in [1.165, 1.54) is 28.0 Å². The van der Waals surface area contributed by atoms with Crippen molar-refractivity contribution in [2.24, 2.45) is 0 Å². The van der Waals surface area contributed by atoms with Crippen LogP contribution in [0.1, 0.15) is 28.3 Å². The van der Waals surface area contributed by atoms with Gasteiger partial charge in [-0.25, -0.2) is 0 Å². The van der Waals surface area contributed by atoms with Gasteiger partial charge in [-0.1, -0.05) is 54.3 Å². The molecule has 2 aliphatic rings. The maximum atomic E-state index is 13.9. The van der Waals surface area contributed by atoms with Crippen molar-refractivity contribution in [1.29, 1.82) is 0 Å². The normalized spacial score (nSPS) is 19.0. The number of rotatable bonds is 9. The maximum Gasteiger partial charge on any atom is 0.295 e. The number of ketones is 1. The molecule has 1 unspecified atom stereocenters. The summed E-state index contributed by atoms with van der Waals surface area (Å²) in [6, 6.07) is 19.4. The van der Waals surface area contributed by atoms with Crippen molar-refractivity contribution < 1.29 is 34.0 Å². The molecule has 2 saturated heterocycles. The number of non-ortho nitro benzene ring substituents is 1. The lowest BCUT2D eigenvalue weighted by molar-refractivity contribution is -0.907. The minimum Gasteiger partial charge on any atom is -0.872 e. The Bertz CT molecular complexity index is 1480. The Kier molecular flexibility index (Phi) is 8.42. The van der Waals surface area contributed by atoms with Crippen LogP contribution in [0.5, 0.6) is 5.75 Å². The molecule has 2 heterocycles. The zero-order chi connectivity index (χ0) is 28.9. The molecule has 3 aromatic carbocycles. The van der Waals surface area contributed by atoms with E-state index in [1.807, 2.05) is 30.3 Å².